The Bertz CT molecular complexity index is 1590. The predicted molar refractivity (Wildman–Crippen MR) is 169 cm³/mol. The minimum Gasteiger partial charge on any atom is -0.404 e. The average molecular weight is 563 g/mol. The summed E-state index contributed by atoms with van der Waals surface area (Å²) in [7, 11) is 2.19. The predicted octanol–water partition coefficient (Wildman–Crippen LogP) is 4.20. The number of aromatic amines is 1. The standard InChI is InChI=1S/C36H42N4O2/c1-3-9-30(25-41)40-24-32-28(12-7-13-31(32)36(40)42)11-6-4-5-10-26-15-17-27(18-16-26)19-20-33-29(23-37)22-34(38-33)35-14-8-21-39(35)2/h7,12-13,15-18,20,22-23,25,30,35,38H,3-5,8-10,14,19,21,24,37H2,1-2H3/b29-23-,33-20+. The number of aldehydes is 1. The molecule has 1 fully saturated rings. The van der Waals surface area contributed by atoms with E-state index in [2.05, 4.69) is 65.2 Å². The maximum absolute atomic E-state index is 12.9. The minimum atomic E-state index is -0.368. The highest BCUT2D eigenvalue weighted by Gasteiger charge is 2.33. The SMILES string of the molecule is CCCC(C=O)N1Cc2c(C#CCCCc3ccc(C/C=c4/[nH]c(C5CCCN5C)c/c4=C/N)cc3)cccc2C1=O. The lowest BCUT2D eigenvalue weighted by Crippen LogP contribution is -2.36. The van der Waals surface area contributed by atoms with E-state index in [4.69, 9.17) is 5.73 Å². The molecule has 218 valence electrons. The normalized spacial score (nSPS) is 18.3. The van der Waals surface area contributed by atoms with Crippen molar-refractivity contribution in [3.63, 3.8) is 0 Å². The first kappa shape index (κ1) is 29.4. The summed E-state index contributed by atoms with van der Waals surface area (Å²) in [6.45, 7) is 3.63. The van der Waals surface area contributed by atoms with Gasteiger partial charge in [0.1, 0.15) is 6.29 Å². The summed E-state index contributed by atoms with van der Waals surface area (Å²) in [6, 6.07) is 16.8. The van der Waals surface area contributed by atoms with Gasteiger partial charge in [-0.25, -0.2) is 0 Å². The van der Waals surface area contributed by atoms with Gasteiger partial charge in [-0.05, 0) is 87.0 Å². The van der Waals surface area contributed by atoms with Crippen LogP contribution in [0.5, 0.6) is 0 Å². The molecule has 5 rings (SSSR count). The molecule has 42 heavy (non-hydrogen) atoms. The number of nitrogens with two attached hydrogens (primary N) is 1. The molecular formula is C36H42N4O2. The number of rotatable bonds is 10. The van der Waals surface area contributed by atoms with Gasteiger partial charge in [0.2, 0.25) is 0 Å². The van der Waals surface area contributed by atoms with E-state index in [1.54, 1.807) is 11.1 Å². The van der Waals surface area contributed by atoms with Gasteiger partial charge in [-0.3, -0.25) is 9.69 Å². The van der Waals surface area contributed by atoms with Crippen LogP contribution in [0.15, 0.2) is 48.5 Å². The molecule has 2 aliphatic heterocycles. The summed E-state index contributed by atoms with van der Waals surface area (Å²) in [5.74, 6) is 6.54. The molecule has 1 amide bonds. The minimum absolute atomic E-state index is 0.0621. The number of nitrogens with zero attached hydrogens (tertiary/aromatic N) is 2. The van der Waals surface area contributed by atoms with Crippen molar-refractivity contribution in [2.75, 3.05) is 13.6 Å². The van der Waals surface area contributed by atoms with Gasteiger partial charge >= 0.3 is 0 Å². The summed E-state index contributed by atoms with van der Waals surface area (Å²) in [4.78, 5) is 32.2. The molecule has 1 aromatic heterocycles. The maximum atomic E-state index is 12.9. The van der Waals surface area contributed by atoms with Gasteiger partial charge in [0.15, 0.2) is 0 Å². The molecule has 2 aliphatic rings. The number of H-pyrrole nitrogens is 1. The second-order valence-corrected chi connectivity index (χ2v) is 11.5. The number of carbonyl (C=O) groups is 2. The van der Waals surface area contributed by atoms with Crippen molar-refractivity contribution in [2.24, 2.45) is 5.73 Å². The zero-order valence-corrected chi connectivity index (χ0v) is 24.9. The van der Waals surface area contributed by atoms with Crippen LogP contribution in [0.2, 0.25) is 0 Å². The van der Waals surface area contributed by atoms with E-state index in [-0.39, 0.29) is 11.9 Å². The zero-order chi connectivity index (χ0) is 29.5. The van der Waals surface area contributed by atoms with E-state index in [0.29, 0.717) is 24.6 Å². The number of aryl methyl sites for hydroxylation is 1. The van der Waals surface area contributed by atoms with Gasteiger partial charge in [0.05, 0.1) is 6.04 Å². The van der Waals surface area contributed by atoms with Crippen LogP contribution in [0.3, 0.4) is 0 Å². The van der Waals surface area contributed by atoms with Crippen molar-refractivity contribution in [3.05, 3.63) is 92.6 Å². The van der Waals surface area contributed by atoms with Crippen LogP contribution in [-0.4, -0.2) is 46.6 Å². The third-order valence-corrected chi connectivity index (χ3v) is 8.65. The fourth-order valence-electron chi connectivity index (χ4n) is 6.23. The molecule has 3 heterocycles. The molecule has 0 saturated carbocycles. The third kappa shape index (κ3) is 6.53. The van der Waals surface area contributed by atoms with Crippen molar-refractivity contribution in [2.45, 2.75) is 76.9 Å². The number of likely N-dealkylation sites (tertiary alicyclic amines) is 1. The van der Waals surface area contributed by atoms with Crippen molar-refractivity contribution in [1.82, 2.24) is 14.8 Å². The quantitative estimate of drug-likeness (QED) is 0.221. The van der Waals surface area contributed by atoms with Gasteiger partial charge in [-0.15, -0.1) is 0 Å². The molecule has 0 spiro atoms. The number of aromatic nitrogens is 1. The molecule has 1 saturated heterocycles. The molecule has 0 aliphatic carbocycles. The van der Waals surface area contributed by atoms with Gasteiger partial charge < -0.3 is 20.4 Å². The Labute approximate surface area is 249 Å². The Morgan fingerprint density at radius 1 is 1.17 bits per heavy atom. The fourth-order valence-corrected chi connectivity index (χ4v) is 6.23. The van der Waals surface area contributed by atoms with Gasteiger partial charge in [0.25, 0.3) is 5.91 Å². The number of nitrogens with one attached hydrogen (secondary N) is 1. The number of amides is 1. The van der Waals surface area contributed by atoms with Crippen LogP contribution in [0.4, 0.5) is 0 Å². The van der Waals surface area contributed by atoms with Gasteiger partial charge in [-0.2, -0.15) is 0 Å². The third-order valence-electron chi connectivity index (χ3n) is 8.65. The van der Waals surface area contributed by atoms with E-state index in [1.807, 2.05) is 25.1 Å². The number of unbranched alkanes of at least 4 members (excludes halogenated alkanes) is 1. The van der Waals surface area contributed by atoms with Crippen molar-refractivity contribution in [3.8, 4) is 11.8 Å². The average Bonchev–Trinajstić information content (AvgIpc) is 3.72. The highest BCUT2D eigenvalue weighted by Crippen LogP contribution is 2.29. The highest BCUT2D eigenvalue weighted by atomic mass is 16.2. The summed E-state index contributed by atoms with van der Waals surface area (Å²) in [5, 5.41) is 2.16. The van der Waals surface area contributed by atoms with Crippen LogP contribution < -0.4 is 16.3 Å². The van der Waals surface area contributed by atoms with E-state index in [0.717, 1.165) is 66.6 Å². The molecule has 0 radical (unpaired) electrons. The molecule has 2 atom stereocenters. The second kappa shape index (κ2) is 13.7. The van der Waals surface area contributed by atoms with Crippen molar-refractivity contribution >= 4 is 24.5 Å². The Kier molecular flexibility index (Phi) is 9.61. The Morgan fingerprint density at radius 2 is 1.98 bits per heavy atom. The first-order chi connectivity index (χ1) is 20.5. The summed E-state index contributed by atoms with van der Waals surface area (Å²) in [5.41, 5.74) is 12.3. The lowest BCUT2D eigenvalue weighted by Gasteiger charge is -2.22. The molecule has 3 N–H and O–H groups in total. The zero-order valence-electron chi connectivity index (χ0n) is 24.9. The molecule has 2 aromatic carbocycles. The molecule has 3 aromatic rings. The summed E-state index contributed by atoms with van der Waals surface area (Å²) in [6.07, 6.45) is 12.4. The number of hydrogen-bond donors (Lipinski definition) is 2. The van der Waals surface area contributed by atoms with Crippen LogP contribution >= 0.6 is 0 Å². The van der Waals surface area contributed by atoms with E-state index in [9.17, 15) is 9.59 Å². The Hall–Kier alpha value is -4.08. The Balaban J connectivity index is 1.15. The van der Waals surface area contributed by atoms with Crippen molar-refractivity contribution < 1.29 is 9.59 Å². The fraction of sp³-hybridized carbons (Fsp3) is 0.389. The first-order valence-corrected chi connectivity index (χ1v) is 15.3. The second-order valence-electron chi connectivity index (χ2n) is 11.5. The Morgan fingerprint density at radius 3 is 2.69 bits per heavy atom. The summed E-state index contributed by atoms with van der Waals surface area (Å²) < 4.78 is 0. The number of carbonyl (C=O) groups excluding carboxylic acids is 2. The molecular weight excluding hydrogens is 520 g/mol. The van der Waals surface area contributed by atoms with E-state index < -0.39 is 0 Å². The van der Waals surface area contributed by atoms with Crippen LogP contribution in [-0.2, 0) is 24.2 Å². The van der Waals surface area contributed by atoms with Crippen LogP contribution in [0.25, 0.3) is 12.3 Å². The lowest BCUT2D eigenvalue weighted by atomic mass is 10.0. The monoisotopic (exact) mass is 562 g/mol. The van der Waals surface area contributed by atoms with Crippen molar-refractivity contribution in [1.29, 1.82) is 0 Å². The van der Waals surface area contributed by atoms with Crippen LogP contribution in [0, 0.1) is 11.8 Å². The van der Waals surface area contributed by atoms with Crippen LogP contribution in [0.1, 0.15) is 89.8 Å². The van der Waals surface area contributed by atoms with Gasteiger partial charge in [-0.1, -0.05) is 61.6 Å². The topological polar surface area (TPSA) is 82.4 Å². The smallest absolute Gasteiger partial charge is 0.255 e. The molecule has 6 nitrogen and oxygen atoms in total. The lowest BCUT2D eigenvalue weighted by molar-refractivity contribution is -0.112. The molecule has 6 heteroatoms. The maximum Gasteiger partial charge on any atom is 0.255 e. The first-order valence-electron chi connectivity index (χ1n) is 15.3. The number of benzene rings is 2. The number of hydrogen-bond acceptors (Lipinski definition) is 4. The van der Waals surface area contributed by atoms with Gasteiger partial charge in [0, 0.05) is 52.6 Å². The van der Waals surface area contributed by atoms with E-state index in [1.165, 1.54) is 29.7 Å². The largest absolute Gasteiger partial charge is 0.404 e. The molecule has 2 unspecified atom stereocenters. The van der Waals surface area contributed by atoms with E-state index >= 15 is 0 Å². The number of fused-ring (bicyclic) bond motifs is 1. The highest BCUT2D eigenvalue weighted by molar-refractivity contribution is 6.00. The molecule has 0 bridgehead atoms. The summed E-state index contributed by atoms with van der Waals surface area (Å²) >= 11 is 0.